The van der Waals surface area contributed by atoms with E-state index in [0.717, 1.165) is 4.57 Å². The minimum Gasteiger partial charge on any atom is -0.391 e. The summed E-state index contributed by atoms with van der Waals surface area (Å²) in [6.45, 7) is 4.33. The monoisotopic (exact) mass is 241 g/mol. The standard InChI is InChI=1S/C11H19N3O3/c1-8(2)9(15)7-13-5-3-10(16)14(6-4-12)11(13)17/h3,5,8-9,15H,4,6-7,12H2,1-2H3. The Morgan fingerprint density at radius 1 is 1.41 bits per heavy atom. The predicted molar refractivity (Wildman–Crippen MR) is 64.9 cm³/mol. The van der Waals surface area contributed by atoms with E-state index in [9.17, 15) is 14.7 Å². The van der Waals surface area contributed by atoms with E-state index < -0.39 is 11.8 Å². The summed E-state index contributed by atoms with van der Waals surface area (Å²) >= 11 is 0. The molecule has 1 aromatic rings. The fraction of sp³-hybridized carbons (Fsp3) is 0.636. The van der Waals surface area contributed by atoms with Gasteiger partial charge in [0.2, 0.25) is 0 Å². The molecule has 0 aliphatic heterocycles. The SMILES string of the molecule is CC(C)C(O)Cn1ccc(=O)n(CCN)c1=O. The average molecular weight is 241 g/mol. The first-order valence-corrected chi connectivity index (χ1v) is 5.65. The molecule has 0 aromatic carbocycles. The molecule has 3 N–H and O–H groups in total. The fourth-order valence-corrected chi connectivity index (χ4v) is 1.44. The van der Waals surface area contributed by atoms with Gasteiger partial charge in [0, 0.05) is 25.4 Å². The van der Waals surface area contributed by atoms with Crippen LogP contribution in [0.2, 0.25) is 0 Å². The smallest absolute Gasteiger partial charge is 0.331 e. The van der Waals surface area contributed by atoms with Crippen LogP contribution in [0, 0.1) is 5.92 Å². The molecule has 0 fully saturated rings. The van der Waals surface area contributed by atoms with E-state index in [1.54, 1.807) is 0 Å². The molecular formula is C11H19N3O3. The molecule has 6 nitrogen and oxygen atoms in total. The molecule has 0 bridgehead atoms. The molecule has 0 saturated heterocycles. The third-order valence-corrected chi connectivity index (χ3v) is 2.65. The zero-order valence-electron chi connectivity index (χ0n) is 10.2. The zero-order valence-corrected chi connectivity index (χ0v) is 10.2. The van der Waals surface area contributed by atoms with Crippen LogP contribution in [-0.4, -0.2) is 26.9 Å². The Balaban J connectivity index is 3.07. The lowest BCUT2D eigenvalue weighted by molar-refractivity contribution is 0.105. The summed E-state index contributed by atoms with van der Waals surface area (Å²) in [4.78, 5) is 23.3. The molecule has 0 radical (unpaired) electrons. The van der Waals surface area contributed by atoms with Gasteiger partial charge in [-0.05, 0) is 5.92 Å². The van der Waals surface area contributed by atoms with E-state index in [1.165, 1.54) is 16.8 Å². The summed E-state index contributed by atoms with van der Waals surface area (Å²) in [6.07, 6.45) is 0.792. The second kappa shape index (κ2) is 5.79. The fourth-order valence-electron chi connectivity index (χ4n) is 1.44. The number of hydrogen-bond donors (Lipinski definition) is 2. The summed E-state index contributed by atoms with van der Waals surface area (Å²) in [5.41, 5.74) is 4.55. The number of aliphatic hydroxyl groups is 1. The maximum absolute atomic E-state index is 11.9. The highest BCUT2D eigenvalue weighted by atomic mass is 16.3. The molecule has 0 aliphatic carbocycles. The maximum Gasteiger partial charge on any atom is 0.331 e. The Hall–Kier alpha value is -1.40. The Bertz CT molecular complexity index is 476. The summed E-state index contributed by atoms with van der Waals surface area (Å²) in [6, 6.07) is 1.31. The van der Waals surface area contributed by atoms with Crippen molar-refractivity contribution in [3.05, 3.63) is 33.1 Å². The Kier molecular flexibility index (Phi) is 4.65. The number of hydrogen-bond acceptors (Lipinski definition) is 4. The van der Waals surface area contributed by atoms with E-state index in [0.29, 0.717) is 0 Å². The third kappa shape index (κ3) is 3.28. The van der Waals surface area contributed by atoms with E-state index in [-0.39, 0.29) is 31.1 Å². The summed E-state index contributed by atoms with van der Waals surface area (Å²) in [5, 5.41) is 9.72. The van der Waals surface area contributed by atoms with Crippen molar-refractivity contribution in [1.29, 1.82) is 0 Å². The van der Waals surface area contributed by atoms with Gasteiger partial charge in [-0.15, -0.1) is 0 Å². The van der Waals surface area contributed by atoms with Crippen molar-refractivity contribution in [1.82, 2.24) is 9.13 Å². The van der Waals surface area contributed by atoms with Crippen LogP contribution in [0.5, 0.6) is 0 Å². The van der Waals surface area contributed by atoms with Gasteiger partial charge in [-0.1, -0.05) is 13.8 Å². The van der Waals surface area contributed by atoms with Crippen LogP contribution in [0.4, 0.5) is 0 Å². The van der Waals surface area contributed by atoms with Gasteiger partial charge in [0.05, 0.1) is 12.6 Å². The number of aromatic nitrogens is 2. The van der Waals surface area contributed by atoms with Gasteiger partial charge in [0.1, 0.15) is 0 Å². The van der Waals surface area contributed by atoms with Crippen LogP contribution < -0.4 is 17.0 Å². The van der Waals surface area contributed by atoms with Gasteiger partial charge in [-0.2, -0.15) is 0 Å². The first-order chi connectivity index (χ1) is 7.97. The Morgan fingerprint density at radius 3 is 2.59 bits per heavy atom. The first kappa shape index (κ1) is 13.7. The predicted octanol–water partition coefficient (Wildman–Crippen LogP) is -1.01. The van der Waals surface area contributed by atoms with Gasteiger partial charge in [0.25, 0.3) is 5.56 Å². The largest absolute Gasteiger partial charge is 0.391 e. The van der Waals surface area contributed by atoms with Crippen molar-refractivity contribution in [3.63, 3.8) is 0 Å². The van der Waals surface area contributed by atoms with Crippen LogP contribution in [0.1, 0.15) is 13.8 Å². The number of nitrogens with zero attached hydrogens (tertiary/aromatic N) is 2. The second-order valence-corrected chi connectivity index (χ2v) is 4.34. The van der Waals surface area contributed by atoms with Crippen LogP contribution in [0.3, 0.4) is 0 Å². The highest BCUT2D eigenvalue weighted by Crippen LogP contribution is 2.02. The maximum atomic E-state index is 11.9. The van der Waals surface area contributed by atoms with Crippen LogP contribution >= 0.6 is 0 Å². The lowest BCUT2D eigenvalue weighted by Gasteiger charge is -2.16. The van der Waals surface area contributed by atoms with Gasteiger partial charge in [-0.3, -0.25) is 13.9 Å². The first-order valence-electron chi connectivity index (χ1n) is 5.65. The molecule has 0 spiro atoms. The minimum absolute atomic E-state index is 0.0526. The molecule has 0 saturated carbocycles. The highest BCUT2D eigenvalue weighted by molar-refractivity contribution is 4.87. The third-order valence-electron chi connectivity index (χ3n) is 2.65. The van der Waals surface area contributed by atoms with Crippen LogP contribution in [0.25, 0.3) is 0 Å². The van der Waals surface area contributed by atoms with Crippen LogP contribution in [0.15, 0.2) is 21.9 Å². The topological polar surface area (TPSA) is 90.2 Å². The van der Waals surface area contributed by atoms with Gasteiger partial charge < -0.3 is 10.8 Å². The molecule has 17 heavy (non-hydrogen) atoms. The lowest BCUT2D eigenvalue weighted by Crippen LogP contribution is -2.42. The summed E-state index contributed by atoms with van der Waals surface area (Å²) in [5.74, 6) is 0.0526. The molecule has 1 heterocycles. The van der Waals surface area contributed by atoms with Gasteiger partial charge in [0.15, 0.2) is 0 Å². The Morgan fingerprint density at radius 2 is 2.06 bits per heavy atom. The molecule has 1 aromatic heterocycles. The molecular weight excluding hydrogens is 222 g/mol. The Labute approximate surface area is 99.3 Å². The van der Waals surface area contributed by atoms with E-state index in [2.05, 4.69) is 0 Å². The number of nitrogens with two attached hydrogens (primary N) is 1. The number of aliphatic hydroxyl groups excluding tert-OH is 1. The molecule has 1 unspecified atom stereocenters. The number of rotatable bonds is 5. The molecule has 6 heteroatoms. The van der Waals surface area contributed by atoms with E-state index in [1.807, 2.05) is 13.8 Å². The van der Waals surface area contributed by atoms with Gasteiger partial charge >= 0.3 is 5.69 Å². The summed E-state index contributed by atoms with van der Waals surface area (Å²) < 4.78 is 2.41. The zero-order chi connectivity index (χ0) is 13.0. The highest BCUT2D eigenvalue weighted by Gasteiger charge is 2.12. The second-order valence-electron chi connectivity index (χ2n) is 4.34. The van der Waals surface area contributed by atoms with Crippen LogP contribution in [-0.2, 0) is 13.1 Å². The molecule has 0 amide bonds. The lowest BCUT2D eigenvalue weighted by atomic mass is 10.1. The van der Waals surface area contributed by atoms with E-state index in [4.69, 9.17) is 5.73 Å². The molecule has 1 atom stereocenters. The van der Waals surface area contributed by atoms with Crippen molar-refractivity contribution in [2.75, 3.05) is 6.54 Å². The molecule has 0 aliphatic rings. The average Bonchev–Trinajstić information content (AvgIpc) is 2.28. The van der Waals surface area contributed by atoms with Crippen molar-refractivity contribution < 1.29 is 5.11 Å². The van der Waals surface area contributed by atoms with Gasteiger partial charge in [-0.25, -0.2) is 4.79 Å². The van der Waals surface area contributed by atoms with E-state index >= 15 is 0 Å². The minimum atomic E-state index is -0.614. The summed E-state index contributed by atoms with van der Waals surface area (Å²) in [7, 11) is 0. The quantitative estimate of drug-likeness (QED) is 0.691. The van der Waals surface area contributed by atoms with Crippen molar-refractivity contribution >= 4 is 0 Å². The normalized spacial score (nSPS) is 13.0. The molecule has 1 rings (SSSR count). The van der Waals surface area contributed by atoms with Crippen molar-refractivity contribution in [3.8, 4) is 0 Å². The van der Waals surface area contributed by atoms with Crippen molar-refractivity contribution in [2.24, 2.45) is 11.7 Å². The molecule has 96 valence electrons. The van der Waals surface area contributed by atoms with Crippen molar-refractivity contribution in [2.45, 2.75) is 33.0 Å².